The van der Waals surface area contributed by atoms with E-state index in [1.807, 2.05) is 44.7 Å². The monoisotopic (exact) mass is 546 g/mol. The molecule has 0 aromatic rings. The lowest BCUT2D eigenvalue weighted by molar-refractivity contribution is -0.175. The zero-order chi connectivity index (χ0) is 28.9. The van der Waals surface area contributed by atoms with Gasteiger partial charge in [-0.15, -0.1) is 0 Å². The van der Waals surface area contributed by atoms with E-state index in [9.17, 15) is 24.3 Å². The number of hydrogen-bond donors (Lipinski definition) is 1. The minimum atomic E-state index is -1.19. The molecule has 10 heteroatoms. The van der Waals surface area contributed by atoms with E-state index in [4.69, 9.17) is 14.2 Å². The van der Waals surface area contributed by atoms with Crippen LogP contribution in [0, 0.1) is 22.7 Å². The Kier molecular flexibility index (Phi) is 8.13. The molecule has 216 valence electrons. The molecule has 39 heavy (non-hydrogen) atoms. The van der Waals surface area contributed by atoms with Gasteiger partial charge in [-0.1, -0.05) is 13.8 Å². The summed E-state index contributed by atoms with van der Waals surface area (Å²) >= 11 is 0. The third-order valence-corrected chi connectivity index (χ3v) is 9.44. The van der Waals surface area contributed by atoms with Crippen LogP contribution in [0.4, 0.5) is 0 Å². The second kappa shape index (κ2) is 10.8. The summed E-state index contributed by atoms with van der Waals surface area (Å²) in [5, 5.41) is 10.9. The highest BCUT2D eigenvalue weighted by atomic mass is 16.6. The van der Waals surface area contributed by atoms with Crippen LogP contribution >= 0.6 is 0 Å². The molecule has 2 fully saturated rings. The Balaban J connectivity index is 1.95. The molecule has 1 saturated heterocycles. The van der Waals surface area contributed by atoms with Gasteiger partial charge in [-0.25, -0.2) is 4.79 Å². The lowest BCUT2D eigenvalue weighted by Gasteiger charge is -2.56. The molecular weight excluding hydrogens is 504 g/mol. The van der Waals surface area contributed by atoms with Crippen LogP contribution in [0.1, 0.15) is 47.0 Å². The van der Waals surface area contributed by atoms with Crippen LogP contribution in [-0.2, 0) is 33.4 Å². The molecule has 3 aliphatic carbocycles. The molecule has 1 N–H and O–H groups in total. The highest BCUT2D eigenvalue weighted by molar-refractivity contribution is 6.47. The fraction of sp³-hybridized carbons (Fsp3) is 0.724. The van der Waals surface area contributed by atoms with E-state index in [2.05, 4.69) is 0 Å². The molecule has 7 unspecified atom stereocenters. The van der Waals surface area contributed by atoms with Crippen LogP contribution < -0.4 is 0 Å². The Morgan fingerprint density at radius 2 is 1.87 bits per heavy atom. The number of nitrogens with zero attached hydrogens (tertiary/aromatic N) is 2. The molecule has 7 atom stereocenters. The summed E-state index contributed by atoms with van der Waals surface area (Å²) in [6, 6.07) is 0. The SMILES string of the molecule is CCN(C=C1C(=O)OC(COC)C2(C)C3=C(C(=O)C(=O)C12)C1CCC(O)C1(C)CC3OC(C)=O)CCN(C)C. The summed E-state index contributed by atoms with van der Waals surface area (Å²) in [6.45, 7) is 8.88. The van der Waals surface area contributed by atoms with Gasteiger partial charge >= 0.3 is 11.9 Å². The standard InChI is InChI=1S/C29H42N2O8/c1-8-31(12-11-30(5)6)14-17-23-26(35)25(34)22-18-9-10-20(33)28(18,3)13-19(38-16(2)32)24(22)29(23,4)21(15-37-7)39-27(17)36/h14,18-21,23,33H,8-13,15H2,1-7H3. The van der Waals surface area contributed by atoms with E-state index in [0.717, 1.165) is 6.54 Å². The van der Waals surface area contributed by atoms with Gasteiger partial charge in [-0.3, -0.25) is 14.4 Å². The predicted molar refractivity (Wildman–Crippen MR) is 141 cm³/mol. The number of ketones is 2. The minimum absolute atomic E-state index is 0.000255. The van der Waals surface area contributed by atoms with Crippen LogP contribution in [0.2, 0.25) is 0 Å². The highest BCUT2D eigenvalue weighted by Gasteiger charge is 2.67. The minimum Gasteiger partial charge on any atom is -0.458 e. The van der Waals surface area contributed by atoms with Gasteiger partial charge in [0.25, 0.3) is 0 Å². The van der Waals surface area contributed by atoms with Crippen molar-refractivity contribution in [2.75, 3.05) is 47.4 Å². The number of esters is 2. The number of likely N-dealkylation sites (N-methyl/N-ethyl adjacent to an activating group) is 2. The number of rotatable bonds is 8. The number of allylic oxidation sites excluding steroid dienone is 1. The average Bonchev–Trinajstić information content (AvgIpc) is 3.15. The molecule has 0 aromatic heterocycles. The van der Waals surface area contributed by atoms with E-state index >= 15 is 0 Å². The fourth-order valence-electron chi connectivity index (χ4n) is 7.33. The molecule has 0 radical (unpaired) electrons. The van der Waals surface area contributed by atoms with Gasteiger partial charge in [0.2, 0.25) is 11.6 Å². The molecule has 4 aliphatic rings. The van der Waals surface area contributed by atoms with Gasteiger partial charge in [0, 0.05) is 56.3 Å². The summed E-state index contributed by atoms with van der Waals surface area (Å²) in [6.07, 6.45) is 0.528. The summed E-state index contributed by atoms with van der Waals surface area (Å²) in [7, 11) is 5.38. The average molecular weight is 547 g/mol. The van der Waals surface area contributed by atoms with Gasteiger partial charge in [0.1, 0.15) is 12.2 Å². The number of Topliss-reactive ketones (excluding diaryl/α,β-unsaturated/α-hetero) is 2. The van der Waals surface area contributed by atoms with Crippen molar-refractivity contribution >= 4 is 23.5 Å². The number of carbonyl (C=O) groups is 4. The Bertz CT molecular complexity index is 1110. The topological polar surface area (TPSA) is 123 Å². The Labute approximate surface area is 230 Å². The van der Waals surface area contributed by atoms with Crippen molar-refractivity contribution in [1.29, 1.82) is 0 Å². The second-order valence-electron chi connectivity index (χ2n) is 12.1. The number of aliphatic hydroxyl groups excluding tert-OH is 1. The Morgan fingerprint density at radius 1 is 1.18 bits per heavy atom. The molecule has 4 rings (SSSR count). The number of fused-ring (bicyclic) bond motifs is 4. The predicted octanol–water partition coefficient (Wildman–Crippen LogP) is 1.51. The first-order valence-corrected chi connectivity index (χ1v) is 13.8. The Hall–Kier alpha value is -2.56. The first-order valence-electron chi connectivity index (χ1n) is 13.8. The van der Waals surface area contributed by atoms with Crippen LogP contribution in [0.25, 0.3) is 0 Å². The lowest BCUT2D eigenvalue weighted by atomic mass is 9.50. The molecule has 1 heterocycles. The lowest BCUT2D eigenvalue weighted by Crippen LogP contribution is -2.63. The maximum atomic E-state index is 14.1. The summed E-state index contributed by atoms with van der Waals surface area (Å²) < 4.78 is 17.3. The van der Waals surface area contributed by atoms with E-state index in [0.29, 0.717) is 43.5 Å². The molecule has 0 bridgehead atoms. The van der Waals surface area contributed by atoms with Crippen LogP contribution in [0.15, 0.2) is 22.9 Å². The van der Waals surface area contributed by atoms with Crippen molar-refractivity contribution in [3.8, 4) is 0 Å². The third kappa shape index (κ3) is 4.74. The number of hydrogen-bond acceptors (Lipinski definition) is 10. The molecule has 1 aliphatic heterocycles. The Morgan fingerprint density at radius 3 is 2.46 bits per heavy atom. The summed E-state index contributed by atoms with van der Waals surface area (Å²) in [5.41, 5.74) is -0.957. The van der Waals surface area contributed by atoms with Crippen molar-refractivity contribution in [3.05, 3.63) is 22.9 Å². The van der Waals surface area contributed by atoms with Crippen molar-refractivity contribution in [2.45, 2.75) is 65.3 Å². The first kappa shape index (κ1) is 29.4. The normalized spacial score (nSPS) is 37.0. The third-order valence-electron chi connectivity index (χ3n) is 9.44. The maximum absolute atomic E-state index is 14.1. The van der Waals surface area contributed by atoms with Gasteiger partial charge < -0.3 is 29.1 Å². The van der Waals surface area contributed by atoms with Crippen molar-refractivity contribution in [2.24, 2.45) is 22.7 Å². The van der Waals surface area contributed by atoms with E-state index < -0.39 is 58.6 Å². The molecule has 0 amide bonds. The molecular formula is C29H42N2O8. The van der Waals surface area contributed by atoms with Gasteiger partial charge in [0.15, 0.2) is 0 Å². The summed E-state index contributed by atoms with van der Waals surface area (Å²) in [4.78, 5) is 57.8. The van der Waals surface area contributed by atoms with Crippen LogP contribution in [-0.4, -0.2) is 104 Å². The maximum Gasteiger partial charge on any atom is 0.336 e. The fourth-order valence-corrected chi connectivity index (χ4v) is 7.33. The van der Waals surface area contributed by atoms with E-state index in [1.54, 1.807) is 6.20 Å². The largest absolute Gasteiger partial charge is 0.458 e. The highest BCUT2D eigenvalue weighted by Crippen LogP contribution is 2.63. The van der Waals surface area contributed by atoms with E-state index in [1.165, 1.54) is 14.0 Å². The van der Waals surface area contributed by atoms with Gasteiger partial charge in [-0.2, -0.15) is 0 Å². The zero-order valence-electron chi connectivity index (χ0n) is 24.1. The van der Waals surface area contributed by atoms with Crippen molar-refractivity contribution in [3.63, 3.8) is 0 Å². The number of carbonyl (C=O) groups excluding carboxylic acids is 4. The quantitative estimate of drug-likeness (QED) is 0.272. The number of aliphatic hydroxyl groups is 1. The summed E-state index contributed by atoms with van der Waals surface area (Å²) in [5.74, 6) is -4.01. The first-order chi connectivity index (χ1) is 18.3. The van der Waals surface area contributed by atoms with Crippen LogP contribution in [0.5, 0.6) is 0 Å². The number of ether oxygens (including phenoxy) is 3. The smallest absolute Gasteiger partial charge is 0.336 e. The number of methoxy groups -OCH3 is 1. The second-order valence-corrected chi connectivity index (χ2v) is 12.1. The molecule has 0 spiro atoms. The zero-order valence-corrected chi connectivity index (χ0v) is 24.1. The van der Waals surface area contributed by atoms with Crippen LogP contribution in [0.3, 0.4) is 0 Å². The number of cyclic esters (lactones) is 1. The van der Waals surface area contributed by atoms with E-state index in [-0.39, 0.29) is 18.1 Å². The molecule has 1 saturated carbocycles. The van der Waals surface area contributed by atoms with Gasteiger partial charge in [0.05, 0.1) is 24.2 Å². The van der Waals surface area contributed by atoms with Crippen molar-refractivity contribution in [1.82, 2.24) is 9.80 Å². The molecule has 10 nitrogen and oxygen atoms in total. The van der Waals surface area contributed by atoms with Gasteiger partial charge in [-0.05, 0) is 51.8 Å². The molecule has 0 aromatic carbocycles. The van der Waals surface area contributed by atoms with Crippen molar-refractivity contribution < 1.29 is 38.5 Å².